The van der Waals surface area contributed by atoms with E-state index in [1.54, 1.807) is 30.2 Å². The molecule has 0 amide bonds. The zero-order valence-corrected chi connectivity index (χ0v) is 6.75. The van der Waals surface area contributed by atoms with E-state index in [1.165, 1.54) is 6.08 Å². The Kier molecular flexibility index (Phi) is 2.44. The smallest absolute Gasteiger partial charge is 0.245 e. The minimum atomic E-state index is -0.478. The number of halogens is 1. The monoisotopic (exact) mass is 170 g/mol. The van der Waals surface area contributed by atoms with Gasteiger partial charge in [-0.2, -0.15) is 5.10 Å². The number of carbonyl (C=O) groups excluding carboxylic acids is 1. The van der Waals surface area contributed by atoms with E-state index in [2.05, 4.69) is 5.10 Å². The summed E-state index contributed by atoms with van der Waals surface area (Å²) < 4.78 is 1.65. The van der Waals surface area contributed by atoms with Crippen LogP contribution in [0.25, 0.3) is 6.08 Å². The summed E-state index contributed by atoms with van der Waals surface area (Å²) in [4.78, 5) is 10.3. The Balaban J connectivity index is 2.71. The predicted octanol–water partition coefficient (Wildman–Crippen LogP) is 1.20. The molecule has 0 aliphatic heterocycles. The largest absolute Gasteiger partial charge is 0.276 e. The van der Waals surface area contributed by atoms with Gasteiger partial charge in [0.1, 0.15) is 0 Å². The van der Waals surface area contributed by atoms with Gasteiger partial charge in [0.05, 0.1) is 6.20 Å². The summed E-state index contributed by atoms with van der Waals surface area (Å²) in [6.45, 7) is 0. The van der Waals surface area contributed by atoms with Crippen molar-refractivity contribution in [1.82, 2.24) is 9.78 Å². The van der Waals surface area contributed by atoms with Crippen LogP contribution in [-0.2, 0) is 11.8 Å². The van der Waals surface area contributed by atoms with Crippen LogP contribution in [0.5, 0.6) is 0 Å². The van der Waals surface area contributed by atoms with Gasteiger partial charge in [0.25, 0.3) is 0 Å². The maximum absolute atomic E-state index is 10.3. The highest BCUT2D eigenvalue weighted by Crippen LogP contribution is 1.99. The van der Waals surface area contributed by atoms with Gasteiger partial charge in [-0.1, -0.05) is 0 Å². The standard InChI is InChI=1S/C7H7ClN2O/c1-10-5-6(4-9-10)2-3-7(8)11/h2-5H,1H3/b3-2-. The number of hydrogen-bond donors (Lipinski definition) is 0. The molecule has 1 rings (SSSR count). The Bertz CT molecular complexity index is 290. The summed E-state index contributed by atoms with van der Waals surface area (Å²) >= 11 is 5.08. The highest BCUT2D eigenvalue weighted by molar-refractivity contribution is 6.66. The second-order valence-corrected chi connectivity index (χ2v) is 2.46. The Morgan fingerprint density at radius 1 is 1.82 bits per heavy atom. The first-order chi connectivity index (χ1) is 5.18. The van der Waals surface area contributed by atoms with Crippen LogP contribution in [0.15, 0.2) is 18.5 Å². The second-order valence-electron chi connectivity index (χ2n) is 2.08. The first-order valence-corrected chi connectivity index (χ1v) is 3.42. The number of aryl methyl sites for hydroxylation is 1. The molecule has 0 fully saturated rings. The van der Waals surface area contributed by atoms with Gasteiger partial charge < -0.3 is 0 Å². The molecule has 0 saturated carbocycles. The van der Waals surface area contributed by atoms with E-state index in [9.17, 15) is 4.79 Å². The second kappa shape index (κ2) is 3.34. The molecule has 0 aliphatic carbocycles. The molecular formula is C7H7ClN2O. The van der Waals surface area contributed by atoms with Gasteiger partial charge in [-0.25, -0.2) is 0 Å². The predicted molar refractivity (Wildman–Crippen MR) is 43.1 cm³/mol. The number of nitrogens with zero attached hydrogens (tertiary/aromatic N) is 2. The third kappa shape index (κ3) is 2.55. The normalized spacial score (nSPS) is 10.7. The number of carbonyl (C=O) groups is 1. The minimum Gasteiger partial charge on any atom is -0.276 e. The summed E-state index contributed by atoms with van der Waals surface area (Å²) in [5.74, 6) is 0. The van der Waals surface area contributed by atoms with E-state index in [0.29, 0.717) is 0 Å². The highest BCUT2D eigenvalue weighted by atomic mass is 35.5. The molecule has 1 aromatic heterocycles. The van der Waals surface area contributed by atoms with Crippen molar-refractivity contribution in [2.24, 2.45) is 7.05 Å². The SMILES string of the molecule is Cn1cc(/C=C\C(=O)Cl)cn1. The van der Waals surface area contributed by atoms with E-state index in [0.717, 1.165) is 5.56 Å². The molecule has 3 nitrogen and oxygen atoms in total. The Morgan fingerprint density at radius 2 is 2.55 bits per heavy atom. The molecule has 0 unspecified atom stereocenters. The van der Waals surface area contributed by atoms with Crippen LogP contribution in [0.2, 0.25) is 0 Å². The zero-order chi connectivity index (χ0) is 8.27. The van der Waals surface area contributed by atoms with Crippen molar-refractivity contribution in [3.05, 3.63) is 24.0 Å². The summed E-state index contributed by atoms with van der Waals surface area (Å²) in [5.41, 5.74) is 0.863. The quantitative estimate of drug-likeness (QED) is 0.494. The lowest BCUT2D eigenvalue weighted by molar-refractivity contribution is -0.107. The lowest BCUT2D eigenvalue weighted by Gasteiger charge is -1.80. The Hall–Kier alpha value is -1.09. The molecule has 4 heteroatoms. The number of allylic oxidation sites excluding steroid dienone is 1. The van der Waals surface area contributed by atoms with Crippen molar-refractivity contribution >= 4 is 22.9 Å². The molecule has 0 radical (unpaired) electrons. The van der Waals surface area contributed by atoms with E-state index in [-0.39, 0.29) is 0 Å². The molecule has 0 bridgehead atoms. The average Bonchev–Trinajstić information content (AvgIpc) is 2.31. The summed E-state index contributed by atoms with van der Waals surface area (Å²) in [5, 5.41) is 3.43. The van der Waals surface area contributed by atoms with E-state index >= 15 is 0 Å². The fourth-order valence-corrected chi connectivity index (χ4v) is 0.751. The van der Waals surface area contributed by atoms with Gasteiger partial charge in [-0.05, 0) is 23.8 Å². The zero-order valence-electron chi connectivity index (χ0n) is 5.99. The van der Waals surface area contributed by atoms with Gasteiger partial charge in [0.2, 0.25) is 5.24 Å². The van der Waals surface area contributed by atoms with Crippen LogP contribution < -0.4 is 0 Å². The van der Waals surface area contributed by atoms with Crippen molar-refractivity contribution in [2.45, 2.75) is 0 Å². The molecule has 0 aromatic carbocycles. The number of aromatic nitrogens is 2. The first kappa shape index (κ1) is 8.01. The molecule has 58 valence electrons. The van der Waals surface area contributed by atoms with Gasteiger partial charge in [0, 0.05) is 18.8 Å². The number of rotatable bonds is 2. The van der Waals surface area contributed by atoms with Crippen LogP contribution >= 0.6 is 11.6 Å². The Morgan fingerprint density at radius 3 is 3.00 bits per heavy atom. The van der Waals surface area contributed by atoms with Gasteiger partial charge in [0.15, 0.2) is 0 Å². The lowest BCUT2D eigenvalue weighted by atomic mass is 10.3. The fourth-order valence-electron chi connectivity index (χ4n) is 0.688. The maximum atomic E-state index is 10.3. The topological polar surface area (TPSA) is 34.9 Å². The van der Waals surface area contributed by atoms with E-state index < -0.39 is 5.24 Å². The molecule has 0 atom stereocenters. The van der Waals surface area contributed by atoms with E-state index in [1.807, 2.05) is 0 Å². The van der Waals surface area contributed by atoms with Crippen molar-refractivity contribution in [1.29, 1.82) is 0 Å². The van der Waals surface area contributed by atoms with Gasteiger partial charge >= 0.3 is 0 Å². The molecule has 0 N–H and O–H groups in total. The fraction of sp³-hybridized carbons (Fsp3) is 0.143. The molecule has 0 spiro atoms. The highest BCUT2D eigenvalue weighted by Gasteiger charge is 1.90. The van der Waals surface area contributed by atoms with Crippen LogP contribution in [-0.4, -0.2) is 15.0 Å². The van der Waals surface area contributed by atoms with Crippen LogP contribution in [0.3, 0.4) is 0 Å². The third-order valence-corrected chi connectivity index (χ3v) is 1.26. The summed E-state index contributed by atoms with van der Waals surface area (Å²) in [6, 6.07) is 0. The van der Waals surface area contributed by atoms with Crippen molar-refractivity contribution in [3.8, 4) is 0 Å². The summed E-state index contributed by atoms with van der Waals surface area (Å²) in [6.07, 6.45) is 6.34. The van der Waals surface area contributed by atoms with Crippen LogP contribution in [0.4, 0.5) is 0 Å². The van der Waals surface area contributed by atoms with Crippen molar-refractivity contribution in [3.63, 3.8) is 0 Å². The minimum absolute atomic E-state index is 0.478. The maximum Gasteiger partial charge on any atom is 0.245 e. The molecule has 11 heavy (non-hydrogen) atoms. The van der Waals surface area contributed by atoms with Gasteiger partial charge in [-0.15, -0.1) is 0 Å². The molecule has 1 aromatic rings. The van der Waals surface area contributed by atoms with Crippen LogP contribution in [0, 0.1) is 0 Å². The van der Waals surface area contributed by atoms with Crippen molar-refractivity contribution < 1.29 is 4.79 Å². The third-order valence-electron chi connectivity index (χ3n) is 1.13. The molecule has 1 heterocycles. The average molecular weight is 171 g/mol. The number of hydrogen-bond acceptors (Lipinski definition) is 2. The van der Waals surface area contributed by atoms with E-state index in [4.69, 9.17) is 11.6 Å². The van der Waals surface area contributed by atoms with Gasteiger partial charge in [-0.3, -0.25) is 9.48 Å². The molecule has 0 aliphatic rings. The molecule has 0 saturated heterocycles. The van der Waals surface area contributed by atoms with Crippen molar-refractivity contribution in [2.75, 3.05) is 0 Å². The van der Waals surface area contributed by atoms with Crippen LogP contribution in [0.1, 0.15) is 5.56 Å². The Labute approximate surface area is 69.3 Å². The molecular weight excluding hydrogens is 164 g/mol. The summed E-state index contributed by atoms with van der Waals surface area (Å²) in [7, 11) is 1.81. The first-order valence-electron chi connectivity index (χ1n) is 3.04. The lowest BCUT2D eigenvalue weighted by Crippen LogP contribution is -1.83.